The summed E-state index contributed by atoms with van der Waals surface area (Å²) in [4.78, 5) is 130. The summed E-state index contributed by atoms with van der Waals surface area (Å²) in [6, 6.07) is 3.31. The zero-order valence-corrected chi connectivity index (χ0v) is 64.2. The van der Waals surface area contributed by atoms with E-state index >= 15 is 35.1 Å². The predicted octanol–water partition coefficient (Wildman–Crippen LogP) is 7.37. The van der Waals surface area contributed by atoms with Crippen molar-refractivity contribution < 1.29 is 138 Å². The van der Waals surface area contributed by atoms with Crippen molar-refractivity contribution in [2.75, 3.05) is 71.1 Å². The Bertz CT molecular complexity index is 4520. The number of alkyl carbamates (subject to hydrolysis) is 2. The van der Waals surface area contributed by atoms with Gasteiger partial charge in [-0.15, -0.1) is 0 Å². The third-order valence-corrected chi connectivity index (χ3v) is 20.3. The Hall–Kier alpha value is -9.96. The van der Waals surface area contributed by atoms with Crippen LogP contribution in [0.4, 0.5) is 64.2 Å². The third-order valence-electron chi connectivity index (χ3n) is 19.1. The Kier molecular flexibility index (Phi) is 28.8. The topological polar surface area (TPSA) is 409 Å². The third kappa shape index (κ3) is 23.6. The lowest BCUT2D eigenvalue weighted by atomic mass is 9.77. The van der Waals surface area contributed by atoms with Crippen LogP contribution in [0, 0.1) is 41.2 Å². The molecule has 32 nitrogen and oxygen atoms in total. The zero-order valence-electron chi connectivity index (χ0n) is 62.5. The fourth-order valence-electron chi connectivity index (χ4n) is 12.9. The van der Waals surface area contributed by atoms with Crippen LogP contribution >= 0.6 is 7.82 Å². The molecule has 6 atom stereocenters. The maximum Gasteiger partial charge on any atom is 0.524 e. The highest BCUT2D eigenvalue weighted by atomic mass is 32.2. The van der Waals surface area contributed by atoms with Crippen LogP contribution < -0.4 is 36.1 Å². The average molecular weight is 1670 g/mol. The summed E-state index contributed by atoms with van der Waals surface area (Å²) in [5, 5.41) is 12.0. The van der Waals surface area contributed by atoms with Crippen molar-refractivity contribution in [3.63, 3.8) is 0 Å². The van der Waals surface area contributed by atoms with Crippen molar-refractivity contribution in [3.05, 3.63) is 124 Å². The van der Waals surface area contributed by atoms with Gasteiger partial charge in [-0.2, -0.15) is 48.6 Å². The number of rotatable bonds is 32. The van der Waals surface area contributed by atoms with E-state index in [2.05, 4.69) is 56.8 Å². The van der Waals surface area contributed by atoms with Crippen molar-refractivity contribution >= 4 is 65.9 Å². The van der Waals surface area contributed by atoms with E-state index in [1.165, 1.54) is 63.5 Å². The first-order chi connectivity index (χ1) is 53.1. The molecule has 5 amide bonds. The number of hydrazine groups is 1. The second-order valence-electron chi connectivity index (χ2n) is 28.7. The number of hydrogen-bond acceptors (Lipinski definition) is 23. The maximum atomic E-state index is 16.7. The summed E-state index contributed by atoms with van der Waals surface area (Å²) in [6.07, 6.45) is -15.0. The van der Waals surface area contributed by atoms with Gasteiger partial charge in [0.15, 0.2) is 0 Å². The lowest BCUT2D eigenvalue weighted by Gasteiger charge is -2.47. The Morgan fingerprint density at radius 3 is 1.86 bits per heavy atom. The van der Waals surface area contributed by atoms with Gasteiger partial charge in [-0.1, -0.05) is 43.9 Å². The van der Waals surface area contributed by atoms with Crippen LogP contribution in [0.15, 0.2) is 73.2 Å². The quantitative estimate of drug-likeness (QED) is 0.00304. The number of carbonyl (C=O) groups is 7. The van der Waals surface area contributed by atoms with E-state index in [0.717, 1.165) is 38.3 Å². The molecule has 0 aliphatic carbocycles. The standard InChI is InChI=1S/C70H83F10N12O20PS/c1-38-22-43(27-54(93)81-19-21-114(103,104)105)56(52(23-38)112-113(100,101)102)66(2,3)28-55(94)109-37-110-65(99)111-53(34-90(88-60(96)58(86-64(98)107-9)68(6,7)70(78,79)80)33-47-48(71)25-42(26-49(47)72)50-18-20-91(87-50)61(73)74)51(84-59(95)57(85-63(97)106-8)67(4,5)69(75,76)77)24-40-13-10-39(11-14-40)12-15-41-29-82-62(83-30-41)89-31-44-16-17-45(32-89)92(44)46-35-108-36-46/h10-11,13-14,18,20,22-23,25-26,29-30,44-46,51,53,57-58,61H,16-17,19,21,24,27-28,31-37H2,1-9H3,(H,81,93)(H,84,95)(H,85,97)(H,86,98)(H,88,96)(H2,100,101,102)(H,103,104,105)/t44?,45?,51-,53-,57+,58+/m0/s1. The number of ether oxygens (including phenoxy) is 6. The molecule has 5 aromatic rings. The molecule has 114 heavy (non-hydrogen) atoms. The van der Waals surface area contributed by atoms with E-state index in [1.54, 1.807) is 5.32 Å². The fourth-order valence-corrected chi connectivity index (χ4v) is 13.7. The van der Waals surface area contributed by atoms with Gasteiger partial charge < -0.3 is 59.1 Å². The molecule has 3 fully saturated rings. The second kappa shape index (κ2) is 36.7. The molecule has 2 aromatic heterocycles. The molecule has 8 rings (SSSR count). The maximum absolute atomic E-state index is 16.7. The van der Waals surface area contributed by atoms with Gasteiger partial charge in [0.05, 0.1) is 86.7 Å². The van der Waals surface area contributed by atoms with Crippen LogP contribution in [0.5, 0.6) is 5.75 Å². The molecule has 0 spiro atoms. The van der Waals surface area contributed by atoms with E-state index in [0.29, 0.717) is 108 Å². The molecule has 3 saturated heterocycles. The normalized spacial score (nSPS) is 16.8. The predicted molar refractivity (Wildman–Crippen MR) is 378 cm³/mol. The Morgan fingerprint density at radius 2 is 1.34 bits per heavy atom. The number of phosphoric acid groups is 1. The summed E-state index contributed by atoms with van der Waals surface area (Å²) in [5.74, 6) is -4.21. The van der Waals surface area contributed by atoms with E-state index < -0.39 is 205 Å². The minimum Gasteiger partial charge on any atom is -0.453 e. The van der Waals surface area contributed by atoms with Crippen LogP contribution in [0.3, 0.4) is 0 Å². The molecule has 5 heterocycles. The first kappa shape index (κ1) is 89.6. The molecule has 624 valence electrons. The largest absolute Gasteiger partial charge is 0.524 e. The minimum atomic E-state index is -5.46. The van der Waals surface area contributed by atoms with E-state index in [1.807, 2.05) is 10.7 Å². The van der Waals surface area contributed by atoms with E-state index in [-0.39, 0.29) is 32.5 Å². The first-order valence-corrected chi connectivity index (χ1v) is 37.8. The van der Waals surface area contributed by atoms with Gasteiger partial charge in [0.1, 0.15) is 35.6 Å². The van der Waals surface area contributed by atoms with Crippen molar-refractivity contribution in [2.45, 2.75) is 154 Å². The number of hydrogen-bond donors (Lipinski definition) is 8. The number of benzene rings is 3. The number of anilines is 1. The Labute approximate surface area is 645 Å². The van der Waals surface area contributed by atoms with Crippen molar-refractivity contribution in [2.24, 2.45) is 10.8 Å². The van der Waals surface area contributed by atoms with Crippen LogP contribution in [0.25, 0.3) is 11.3 Å². The monoisotopic (exact) mass is 1660 g/mol. The molecule has 2 unspecified atom stereocenters. The Morgan fingerprint density at radius 1 is 0.772 bits per heavy atom. The number of aromatic nitrogens is 4. The van der Waals surface area contributed by atoms with Gasteiger partial charge in [-0.25, -0.2) is 47.4 Å². The number of halogens is 10. The fraction of sp³-hybridized carbons (Fsp3) is 0.514. The van der Waals surface area contributed by atoms with Gasteiger partial charge in [-0.3, -0.25) is 43.8 Å². The summed E-state index contributed by atoms with van der Waals surface area (Å²) >= 11 is 0. The molecule has 3 aliphatic rings. The molecule has 44 heteroatoms. The Balaban J connectivity index is 1.19. The first-order valence-electron chi connectivity index (χ1n) is 34.7. The number of phosphoric ester groups is 1. The molecule has 2 bridgehead atoms. The highest BCUT2D eigenvalue weighted by Gasteiger charge is 2.58. The zero-order chi connectivity index (χ0) is 84.4. The number of carbonyl (C=O) groups excluding carboxylic acids is 7. The van der Waals surface area contributed by atoms with E-state index in [9.17, 15) is 69.7 Å². The van der Waals surface area contributed by atoms with Crippen molar-refractivity contribution in [1.29, 1.82) is 0 Å². The molecule has 0 saturated carbocycles. The summed E-state index contributed by atoms with van der Waals surface area (Å²) in [7, 11) is -8.59. The van der Waals surface area contributed by atoms with Gasteiger partial charge in [0.25, 0.3) is 16.0 Å². The molecule has 3 aromatic carbocycles. The lowest BCUT2D eigenvalue weighted by Crippen LogP contribution is -2.64. The number of fused-ring (bicyclic) bond motifs is 2. The smallest absolute Gasteiger partial charge is 0.453 e. The van der Waals surface area contributed by atoms with Crippen LogP contribution in [0.2, 0.25) is 0 Å². The number of alkyl halides is 8. The van der Waals surface area contributed by atoms with Gasteiger partial charge in [-0.05, 0) is 107 Å². The van der Waals surface area contributed by atoms with Gasteiger partial charge in [0.2, 0.25) is 24.6 Å². The van der Waals surface area contributed by atoms with Gasteiger partial charge >= 0.3 is 51.0 Å². The van der Waals surface area contributed by atoms with Gasteiger partial charge in [0, 0.05) is 84.5 Å². The number of nitrogens with zero attached hydrogens (tertiary/aromatic N) is 7. The molecular weight excluding hydrogens is 1580 g/mol. The summed E-state index contributed by atoms with van der Waals surface area (Å²) in [5.41, 5.74) is -7.75. The number of piperazine rings is 1. The number of amides is 5. The van der Waals surface area contributed by atoms with Crippen molar-refractivity contribution in [3.8, 4) is 28.8 Å². The van der Waals surface area contributed by atoms with Crippen molar-refractivity contribution in [1.82, 2.24) is 56.4 Å². The van der Waals surface area contributed by atoms with E-state index in [4.69, 9.17) is 23.5 Å². The highest BCUT2D eigenvalue weighted by molar-refractivity contribution is 7.85. The summed E-state index contributed by atoms with van der Waals surface area (Å²) < 4.78 is 231. The number of aryl methyl sites for hydroxylation is 1. The van der Waals surface area contributed by atoms with Crippen LogP contribution in [-0.4, -0.2) is 215 Å². The number of esters is 1. The molecule has 3 aliphatic heterocycles. The average Bonchev–Trinajstić information content (AvgIpc) is 1.68. The highest BCUT2D eigenvalue weighted by Crippen LogP contribution is 2.47. The molecular formula is C70H83F10N12O20PS. The lowest BCUT2D eigenvalue weighted by molar-refractivity contribution is -0.221. The minimum absolute atomic E-state index is 0.0409. The number of nitrogens with one attached hydrogen (secondary N) is 5. The SMILES string of the molecule is COC(=O)N[C@H](C(=O)N[C@@H](Cc1ccc(C#Cc2cnc(N3CC4CCC(C3)N4C3COC3)nc2)cc1)[C@H](CN(Cc1c(F)cc(-c2ccn(C(F)F)n2)cc1F)NC(=O)[C@@H](NC(=O)OC)C(C)(C)C(F)(F)F)OC(=O)OCOC(=O)CC(C)(C)c1c(CC(=O)NCCS(=O)(=O)O)cc(C)cc1OP(=O)(O)O)C(C)(C)C(F)(F)F. The molecule has 0 radical (unpaired) electrons. The summed E-state index contributed by atoms with van der Waals surface area (Å²) in [6.45, 7) is 0.435. The number of methoxy groups -OCH3 is 2. The van der Waals surface area contributed by atoms with Crippen LogP contribution in [0.1, 0.15) is 106 Å². The molecule has 8 N–H and O–H groups in total. The second-order valence-corrected chi connectivity index (χ2v) is 31.4. The van der Waals surface area contributed by atoms with Crippen LogP contribution in [-0.2, 0) is 87.1 Å².